The fraction of sp³-hybridized carbons (Fsp3) is 0.167. The number of carbonyl (C=O) groups is 2. The van der Waals surface area contributed by atoms with Crippen molar-refractivity contribution in [2.45, 2.75) is 12.1 Å². The Hall–Kier alpha value is -3.45. The molecule has 3 aromatic carbocycles. The zero-order chi connectivity index (χ0) is 21.8. The SMILES string of the molecule is O=C(O[C@@H]1CS(=O)(=O)C[C@@H]1N(C(=O)c1ccccc1)c1ccccc1)c1ccccc1. The van der Waals surface area contributed by atoms with Crippen molar-refractivity contribution in [3.8, 4) is 0 Å². The molecule has 0 unspecified atom stereocenters. The van der Waals surface area contributed by atoms with E-state index in [9.17, 15) is 18.0 Å². The summed E-state index contributed by atoms with van der Waals surface area (Å²) in [4.78, 5) is 27.5. The highest BCUT2D eigenvalue weighted by atomic mass is 32.2. The zero-order valence-electron chi connectivity index (χ0n) is 16.6. The topological polar surface area (TPSA) is 80.8 Å². The second-order valence-corrected chi connectivity index (χ2v) is 9.48. The maximum absolute atomic E-state index is 13.4. The molecule has 0 radical (unpaired) electrons. The van der Waals surface area contributed by atoms with Gasteiger partial charge in [-0.15, -0.1) is 0 Å². The Bertz CT molecular complexity index is 1160. The van der Waals surface area contributed by atoms with Crippen LogP contribution in [0.15, 0.2) is 91.0 Å². The largest absolute Gasteiger partial charge is 0.455 e. The van der Waals surface area contributed by atoms with Gasteiger partial charge < -0.3 is 9.64 Å². The Labute approximate surface area is 181 Å². The normalized spacial score (nSPS) is 19.5. The average molecular weight is 436 g/mol. The van der Waals surface area contributed by atoms with E-state index in [1.807, 2.05) is 6.07 Å². The number of para-hydroxylation sites is 1. The number of amides is 1. The van der Waals surface area contributed by atoms with Gasteiger partial charge in [-0.1, -0.05) is 54.6 Å². The molecule has 3 aromatic rings. The van der Waals surface area contributed by atoms with Gasteiger partial charge in [0.05, 0.1) is 23.1 Å². The first-order valence-electron chi connectivity index (χ1n) is 9.85. The van der Waals surface area contributed by atoms with Crippen LogP contribution < -0.4 is 4.90 Å². The third-order valence-electron chi connectivity index (χ3n) is 5.15. The first-order chi connectivity index (χ1) is 14.9. The van der Waals surface area contributed by atoms with Crippen LogP contribution in [0.3, 0.4) is 0 Å². The van der Waals surface area contributed by atoms with E-state index in [1.165, 1.54) is 4.90 Å². The molecular formula is C24H21NO5S. The molecule has 0 N–H and O–H groups in total. The van der Waals surface area contributed by atoms with Gasteiger partial charge in [-0.05, 0) is 36.4 Å². The van der Waals surface area contributed by atoms with E-state index in [4.69, 9.17) is 4.74 Å². The highest BCUT2D eigenvalue weighted by molar-refractivity contribution is 7.91. The number of hydrogen-bond acceptors (Lipinski definition) is 5. The number of esters is 1. The maximum atomic E-state index is 13.4. The Morgan fingerprint density at radius 3 is 1.84 bits per heavy atom. The van der Waals surface area contributed by atoms with Crippen molar-refractivity contribution in [2.75, 3.05) is 16.4 Å². The van der Waals surface area contributed by atoms with Gasteiger partial charge in [0, 0.05) is 11.3 Å². The fourth-order valence-corrected chi connectivity index (χ4v) is 5.51. The highest BCUT2D eigenvalue weighted by Crippen LogP contribution is 2.29. The molecule has 0 aromatic heterocycles. The molecule has 0 spiro atoms. The Morgan fingerprint density at radius 1 is 0.742 bits per heavy atom. The molecule has 31 heavy (non-hydrogen) atoms. The molecule has 6 nitrogen and oxygen atoms in total. The summed E-state index contributed by atoms with van der Waals surface area (Å²) in [5.74, 6) is -1.59. The van der Waals surface area contributed by atoms with Gasteiger partial charge in [0.15, 0.2) is 9.84 Å². The molecule has 1 aliphatic heterocycles. The Kier molecular flexibility index (Phi) is 5.86. The molecule has 158 valence electrons. The molecule has 1 heterocycles. The molecule has 0 bridgehead atoms. The number of hydrogen-bond donors (Lipinski definition) is 0. The van der Waals surface area contributed by atoms with Crippen molar-refractivity contribution >= 4 is 27.4 Å². The molecular weight excluding hydrogens is 414 g/mol. The van der Waals surface area contributed by atoms with Gasteiger partial charge in [-0.25, -0.2) is 13.2 Å². The van der Waals surface area contributed by atoms with Crippen LogP contribution in [0.4, 0.5) is 5.69 Å². The molecule has 1 amide bonds. The minimum atomic E-state index is -3.51. The van der Waals surface area contributed by atoms with Gasteiger partial charge in [-0.3, -0.25) is 4.79 Å². The third kappa shape index (κ3) is 4.67. The second kappa shape index (κ2) is 8.73. The summed E-state index contributed by atoms with van der Waals surface area (Å²) in [5, 5.41) is 0. The summed E-state index contributed by atoms with van der Waals surface area (Å²) in [6.45, 7) is 0. The molecule has 1 saturated heterocycles. The van der Waals surface area contributed by atoms with E-state index in [0.717, 1.165) is 0 Å². The molecule has 2 atom stereocenters. The van der Waals surface area contributed by atoms with Crippen molar-refractivity contribution in [2.24, 2.45) is 0 Å². The lowest BCUT2D eigenvalue weighted by atomic mass is 10.1. The van der Waals surface area contributed by atoms with Gasteiger partial charge in [0.25, 0.3) is 5.91 Å². The van der Waals surface area contributed by atoms with Gasteiger partial charge in [-0.2, -0.15) is 0 Å². The van der Waals surface area contributed by atoms with E-state index in [2.05, 4.69) is 0 Å². The lowest BCUT2D eigenvalue weighted by Crippen LogP contribution is -2.48. The number of anilines is 1. The fourth-order valence-electron chi connectivity index (χ4n) is 3.70. The standard InChI is InChI=1S/C24H21NO5S/c26-23(18-10-4-1-5-11-18)25(20-14-8-3-9-15-20)21-16-31(28,29)17-22(21)30-24(27)19-12-6-2-7-13-19/h1-15,21-22H,16-17H2/t21-,22+/m0/s1. The van der Waals surface area contributed by atoms with E-state index in [-0.39, 0.29) is 17.4 Å². The minimum Gasteiger partial charge on any atom is -0.455 e. The predicted octanol–water partition coefficient (Wildman–Crippen LogP) is 3.36. The summed E-state index contributed by atoms with van der Waals surface area (Å²) in [7, 11) is -3.51. The average Bonchev–Trinajstić information content (AvgIpc) is 3.09. The van der Waals surface area contributed by atoms with E-state index in [0.29, 0.717) is 16.8 Å². The summed E-state index contributed by atoms with van der Waals surface area (Å²) >= 11 is 0. The number of nitrogens with zero attached hydrogens (tertiary/aromatic N) is 1. The van der Waals surface area contributed by atoms with Gasteiger partial charge in [0.2, 0.25) is 0 Å². The first kappa shape index (κ1) is 20.8. The van der Waals surface area contributed by atoms with Gasteiger partial charge >= 0.3 is 5.97 Å². The second-order valence-electron chi connectivity index (χ2n) is 7.33. The van der Waals surface area contributed by atoms with Crippen LogP contribution in [0.2, 0.25) is 0 Å². The molecule has 1 aliphatic rings. The predicted molar refractivity (Wildman–Crippen MR) is 118 cm³/mol. The van der Waals surface area contributed by atoms with Crippen LogP contribution >= 0.6 is 0 Å². The Morgan fingerprint density at radius 2 is 1.26 bits per heavy atom. The number of carbonyl (C=O) groups excluding carboxylic acids is 2. The highest BCUT2D eigenvalue weighted by Gasteiger charge is 2.45. The summed E-state index contributed by atoms with van der Waals surface area (Å²) in [6, 6.07) is 25.0. The lowest BCUT2D eigenvalue weighted by molar-refractivity contribution is 0.0314. The first-order valence-corrected chi connectivity index (χ1v) is 11.7. The maximum Gasteiger partial charge on any atom is 0.338 e. The van der Waals surface area contributed by atoms with Crippen LogP contribution in [0.5, 0.6) is 0 Å². The van der Waals surface area contributed by atoms with E-state index >= 15 is 0 Å². The smallest absolute Gasteiger partial charge is 0.338 e. The monoisotopic (exact) mass is 435 g/mol. The summed E-state index contributed by atoms with van der Waals surface area (Å²) in [5.41, 5.74) is 1.29. The quantitative estimate of drug-likeness (QED) is 0.574. The van der Waals surface area contributed by atoms with Crippen LogP contribution in [0.25, 0.3) is 0 Å². The van der Waals surface area contributed by atoms with E-state index in [1.54, 1.807) is 84.9 Å². The molecule has 1 fully saturated rings. The van der Waals surface area contributed by atoms with Crippen molar-refractivity contribution in [1.82, 2.24) is 0 Å². The molecule has 0 aliphatic carbocycles. The molecule has 7 heteroatoms. The molecule has 4 rings (SSSR count). The zero-order valence-corrected chi connectivity index (χ0v) is 17.4. The van der Waals surface area contributed by atoms with Crippen molar-refractivity contribution in [3.63, 3.8) is 0 Å². The van der Waals surface area contributed by atoms with Crippen LogP contribution in [0.1, 0.15) is 20.7 Å². The van der Waals surface area contributed by atoms with Crippen molar-refractivity contribution < 1.29 is 22.7 Å². The number of rotatable bonds is 5. The number of sulfone groups is 1. The van der Waals surface area contributed by atoms with Crippen LogP contribution in [-0.2, 0) is 14.6 Å². The summed E-state index contributed by atoms with van der Waals surface area (Å²) < 4.78 is 30.7. The third-order valence-corrected chi connectivity index (χ3v) is 6.83. The molecule has 0 saturated carbocycles. The van der Waals surface area contributed by atoms with Crippen molar-refractivity contribution in [3.05, 3.63) is 102 Å². The van der Waals surface area contributed by atoms with Crippen molar-refractivity contribution in [1.29, 1.82) is 0 Å². The lowest BCUT2D eigenvalue weighted by Gasteiger charge is -2.32. The van der Waals surface area contributed by atoms with E-state index < -0.39 is 28.0 Å². The minimum absolute atomic E-state index is 0.285. The van der Waals surface area contributed by atoms with Crippen LogP contribution in [-0.4, -0.2) is 43.9 Å². The number of benzene rings is 3. The van der Waals surface area contributed by atoms with Gasteiger partial charge in [0.1, 0.15) is 6.10 Å². The van der Waals surface area contributed by atoms with Crippen LogP contribution in [0, 0.1) is 0 Å². The Balaban J connectivity index is 1.71. The summed E-state index contributed by atoms with van der Waals surface area (Å²) in [6.07, 6.45) is -0.981. The number of ether oxygens (including phenoxy) is 1.